The lowest BCUT2D eigenvalue weighted by Crippen LogP contribution is -2.02. The summed E-state index contributed by atoms with van der Waals surface area (Å²) in [5.74, 6) is -0.648. The third kappa shape index (κ3) is 3.37. The van der Waals surface area contributed by atoms with Gasteiger partial charge in [-0.1, -0.05) is 30.3 Å². The van der Waals surface area contributed by atoms with Crippen molar-refractivity contribution in [2.45, 2.75) is 12.2 Å². The van der Waals surface area contributed by atoms with Crippen molar-refractivity contribution in [3.8, 4) is 0 Å². The van der Waals surface area contributed by atoms with E-state index in [9.17, 15) is 4.79 Å². The Labute approximate surface area is 115 Å². The first-order chi connectivity index (χ1) is 8.66. The molecule has 0 bridgehead atoms. The summed E-state index contributed by atoms with van der Waals surface area (Å²) in [7, 11) is 0. The molecule has 2 rings (SSSR count). The molecular formula is C14H14O2S2. The molecule has 0 saturated heterocycles. The van der Waals surface area contributed by atoms with Crippen molar-refractivity contribution in [2.24, 2.45) is 0 Å². The van der Waals surface area contributed by atoms with Crippen LogP contribution in [-0.2, 0) is 4.79 Å². The molecule has 0 spiro atoms. The molecule has 0 aliphatic carbocycles. The van der Waals surface area contributed by atoms with Gasteiger partial charge in [0.2, 0.25) is 0 Å². The quantitative estimate of drug-likeness (QED) is 0.899. The predicted octanol–water partition coefficient (Wildman–Crippen LogP) is 3.96. The van der Waals surface area contributed by atoms with E-state index >= 15 is 0 Å². The maximum atomic E-state index is 10.8. The number of thiophene rings is 1. The van der Waals surface area contributed by atoms with Gasteiger partial charge >= 0.3 is 5.97 Å². The van der Waals surface area contributed by atoms with Gasteiger partial charge in [0, 0.05) is 4.88 Å². The summed E-state index contributed by atoms with van der Waals surface area (Å²) in [6.45, 7) is 2.06. The van der Waals surface area contributed by atoms with Gasteiger partial charge in [-0.2, -0.15) is 0 Å². The lowest BCUT2D eigenvalue weighted by molar-refractivity contribution is -0.133. The molecule has 2 nitrogen and oxygen atoms in total. The molecule has 0 saturated carbocycles. The number of benzene rings is 1. The number of carboxylic acid groups (broad SMARTS) is 1. The smallest absolute Gasteiger partial charge is 0.313 e. The minimum absolute atomic E-state index is 0.112. The fourth-order valence-electron chi connectivity index (χ4n) is 1.72. The fourth-order valence-corrected chi connectivity index (χ4v) is 3.88. The van der Waals surface area contributed by atoms with Gasteiger partial charge in [-0.3, -0.25) is 4.79 Å². The lowest BCUT2D eigenvalue weighted by atomic mass is 10.1. The Morgan fingerprint density at radius 1 is 1.39 bits per heavy atom. The third-order valence-electron chi connectivity index (χ3n) is 2.49. The second kappa shape index (κ2) is 6.07. The van der Waals surface area contributed by atoms with E-state index in [0.29, 0.717) is 0 Å². The molecule has 1 aromatic carbocycles. The number of hydrogen-bond donors (Lipinski definition) is 1. The lowest BCUT2D eigenvalue weighted by Gasteiger charge is -2.14. The van der Waals surface area contributed by atoms with Crippen LogP contribution in [0.25, 0.3) is 0 Å². The van der Waals surface area contributed by atoms with Crippen LogP contribution in [0.3, 0.4) is 0 Å². The van der Waals surface area contributed by atoms with Crippen LogP contribution in [0, 0.1) is 6.92 Å². The van der Waals surface area contributed by atoms with Gasteiger partial charge in [-0.05, 0) is 29.5 Å². The molecule has 0 aliphatic rings. The number of carbonyl (C=O) groups is 1. The number of rotatable bonds is 5. The number of carboxylic acids is 1. The third-order valence-corrected chi connectivity index (χ3v) is 5.02. The molecule has 94 valence electrons. The molecule has 1 atom stereocenters. The van der Waals surface area contributed by atoms with E-state index < -0.39 is 5.97 Å². The van der Waals surface area contributed by atoms with Gasteiger partial charge in [0.05, 0.1) is 11.0 Å². The summed E-state index contributed by atoms with van der Waals surface area (Å²) in [4.78, 5) is 12.0. The molecule has 1 unspecified atom stereocenters. The van der Waals surface area contributed by atoms with E-state index in [4.69, 9.17) is 5.11 Å². The van der Waals surface area contributed by atoms with E-state index in [1.807, 2.05) is 18.2 Å². The minimum atomic E-state index is -0.769. The number of aryl methyl sites for hydroxylation is 1. The molecule has 18 heavy (non-hydrogen) atoms. The van der Waals surface area contributed by atoms with Crippen LogP contribution < -0.4 is 0 Å². The molecule has 0 fully saturated rings. The monoisotopic (exact) mass is 278 g/mol. The number of aliphatic carboxylic acids is 1. The van der Waals surface area contributed by atoms with E-state index in [2.05, 4.69) is 30.5 Å². The molecule has 1 heterocycles. The standard InChI is InChI=1S/C14H14O2S2/c1-10-7-12(17-8-10)14(18-9-13(15)16)11-5-3-2-4-6-11/h2-8,14H,9H2,1H3,(H,15,16). The molecular weight excluding hydrogens is 264 g/mol. The van der Waals surface area contributed by atoms with Gasteiger partial charge in [0.1, 0.15) is 0 Å². The second-order valence-electron chi connectivity index (χ2n) is 4.02. The highest BCUT2D eigenvalue weighted by atomic mass is 32.2. The Balaban J connectivity index is 2.26. The summed E-state index contributed by atoms with van der Waals surface area (Å²) >= 11 is 3.15. The molecule has 2 aromatic rings. The van der Waals surface area contributed by atoms with Crippen LogP contribution in [0.4, 0.5) is 0 Å². The zero-order valence-electron chi connectivity index (χ0n) is 10.00. The molecule has 0 radical (unpaired) electrons. The number of hydrogen-bond acceptors (Lipinski definition) is 3. The zero-order valence-corrected chi connectivity index (χ0v) is 11.6. The highest BCUT2D eigenvalue weighted by Gasteiger charge is 2.17. The molecule has 1 N–H and O–H groups in total. The van der Waals surface area contributed by atoms with Crippen molar-refractivity contribution >= 4 is 29.1 Å². The summed E-state index contributed by atoms with van der Waals surface area (Å²) in [5.41, 5.74) is 2.39. The highest BCUT2D eigenvalue weighted by molar-refractivity contribution is 8.00. The Bertz CT molecular complexity index is 520. The summed E-state index contributed by atoms with van der Waals surface area (Å²) in [5, 5.41) is 11.1. The first-order valence-electron chi connectivity index (χ1n) is 5.60. The van der Waals surface area contributed by atoms with E-state index in [-0.39, 0.29) is 11.0 Å². The Hall–Kier alpha value is -1.26. The van der Waals surface area contributed by atoms with E-state index in [1.165, 1.54) is 22.2 Å². The Morgan fingerprint density at radius 3 is 2.67 bits per heavy atom. The van der Waals surface area contributed by atoms with Crippen molar-refractivity contribution in [3.05, 3.63) is 57.8 Å². The van der Waals surface area contributed by atoms with E-state index in [1.54, 1.807) is 11.3 Å². The number of thioether (sulfide) groups is 1. The van der Waals surface area contributed by atoms with Gasteiger partial charge in [-0.25, -0.2) is 0 Å². The van der Waals surface area contributed by atoms with Crippen molar-refractivity contribution < 1.29 is 9.90 Å². The molecule has 1 aromatic heterocycles. The van der Waals surface area contributed by atoms with Crippen LogP contribution >= 0.6 is 23.1 Å². The van der Waals surface area contributed by atoms with Crippen LogP contribution in [0.15, 0.2) is 41.8 Å². The second-order valence-corrected chi connectivity index (χ2v) is 6.06. The topological polar surface area (TPSA) is 37.3 Å². The summed E-state index contributed by atoms with van der Waals surface area (Å²) in [6, 6.07) is 12.2. The van der Waals surface area contributed by atoms with Crippen LogP contribution in [0.2, 0.25) is 0 Å². The van der Waals surface area contributed by atoms with Crippen molar-refractivity contribution in [1.82, 2.24) is 0 Å². The molecule has 4 heteroatoms. The Kier molecular flexibility index (Phi) is 4.44. The van der Waals surface area contributed by atoms with Gasteiger partial charge in [0.15, 0.2) is 0 Å². The Morgan fingerprint density at radius 2 is 2.11 bits per heavy atom. The van der Waals surface area contributed by atoms with Crippen molar-refractivity contribution in [2.75, 3.05) is 5.75 Å². The SMILES string of the molecule is Cc1csc(C(SCC(=O)O)c2ccccc2)c1. The van der Waals surface area contributed by atoms with Crippen LogP contribution in [0.5, 0.6) is 0 Å². The van der Waals surface area contributed by atoms with Gasteiger partial charge in [0.25, 0.3) is 0 Å². The van der Waals surface area contributed by atoms with Gasteiger partial charge in [-0.15, -0.1) is 23.1 Å². The maximum Gasteiger partial charge on any atom is 0.313 e. The first kappa shape index (κ1) is 13.2. The van der Waals surface area contributed by atoms with Gasteiger partial charge < -0.3 is 5.11 Å². The van der Waals surface area contributed by atoms with E-state index in [0.717, 1.165) is 5.56 Å². The van der Waals surface area contributed by atoms with Crippen LogP contribution in [-0.4, -0.2) is 16.8 Å². The normalized spacial score (nSPS) is 12.3. The summed E-state index contributed by atoms with van der Waals surface area (Å²) < 4.78 is 0. The highest BCUT2D eigenvalue weighted by Crippen LogP contribution is 2.38. The largest absolute Gasteiger partial charge is 0.481 e. The fraction of sp³-hybridized carbons (Fsp3) is 0.214. The average Bonchev–Trinajstić information content (AvgIpc) is 2.77. The average molecular weight is 278 g/mol. The minimum Gasteiger partial charge on any atom is -0.481 e. The van der Waals surface area contributed by atoms with Crippen molar-refractivity contribution in [3.63, 3.8) is 0 Å². The van der Waals surface area contributed by atoms with Crippen LogP contribution in [0.1, 0.15) is 21.3 Å². The predicted molar refractivity (Wildman–Crippen MR) is 77.4 cm³/mol. The van der Waals surface area contributed by atoms with Crippen molar-refractivity contribution in [1.29, 1.82) is 0 Å². The molecule has 0 amide bonds. The zero-order chi connectivity index (χ0) is 13.0. The molecule has 0 aliphatic heterocycles. The maximum absolute atomic E-state index is 10.8. The summed E-state index contributed by atoms with van der Waals surface area (Å²) in [6.07, 6.45) is 0. The first-order valence-corrected chi connectivity index (χ1v) is 7.53.